The van der Waals surface area contributed by atoms with Crippen molar-refractivity contribution in [3.05, 3.63) is 70.8 Å². The van der Waals surface area contributed by atoms with Crippen LogP contribution in [0.1, 0.15) is 47.9 Å². The Morgan fingerprint density at radius 1 is 0.647 bits per heavy atom. The van der Waals surface area contributed by atoms with E-state index in [2.05, 4.69) is 0 Å². The molecule has 0 amide bonds. The zero-order valence-electron chi connectivity index (χ0n) is 17.9. The summed E-state index contributed by atoms with van der Waals surface area (Å²) in [6.07, 6.45) is -7.07. The molecule has 184 valence electrons. The Bertz CT molecular complexity index is 936. The first kappa shape index (κ1) is 23.6. The summed E-state index contributed by atoms with van der Waals surface area (Å²) < 4.78 is 101. The van der Waals surface area contributed by atoms with Crippen LogP contribution in [-0.4, -0.2) is 23.8 Å². The molecule has 0 radical (unpaired) electrons. The third kappa shape index (κ3) is 4.32. The molecule has 4 atom stereocenters. The minimum Gasteiger partial charge on any atom is -0.343 e. The second-order valence-corrected chi connectivity index (χ2v) is 8.88. The summed E-state index contributed by atoms with van der Waals surface area (Å²) in [5.74, 6) is -1.95. The molecule has 1 saturated heterocycles. The van der Waals surface area contributed by atoms with Gasteiger partial charge in [0, 0.05) is 12.8 Å². The Hall–Kier alpha value is -2.14. The standard InChI is InChI=1S/C24H22F6O4/c25-23(26,27)17-5-1-15(2-6-17)13-31-21-11-9-19(21)34-22(12-10-20(22)33-21)32-14-16-3-7-18(8-4-16)24(28,29)30/h1-8,19-20H,9-14H2/t19-,20-,21+,22+/m0/s1. The topological polar surface area (TPSA) is 36.9 Å². The predicted octanol–water partition coefficient (Wildman–Crippen LogP) is 6.22. The normalized spacial score (nSPS) is 30.6. The van der Waals surface area contributed by atoms with Gasteiger partial charge in [-0.3, -0.25) is 0 Å². The Morgan fingerprint density at radius 2 is 1.00 bits per heavy atom. The molecule has 0 N–H and O–H groups in total. The third-order valence-electron chi connectivity index (χ3n) is 6.70. The lowest BCUT2D eigenvalue weighted by molar-refractivity contribution is -0.494. The first-order valence-electron chi connectivity index (χ1n) is 10.9. The Morgan fingerprint density at radius 3 is 1.26 bits per heavy atom. The summed E-state index contributed by atoms with van der Waals surface area (Å²) in [6.45, 7) is 0.147. The second-order valence-electron chi connectivity index (χ2n) is 8.88. The summed E-state index contributed by atoms with van der Waals surface area (Å²) in [5, 5.41) is 0. The number of alkyl halides is 6. The SMILES string of the molecule is FC(F)(F)c1ccc(CO[C@@]23CC[C@@H]2O[C@]2(OCc4ccc(C(F)(F)F)cc4)CC[C@@H]2O3)cc1. The van der Waals surface area contributed by atoms with E-state index in [1.54, 1.807) is 0 Å². The van der Waals surface area contributed by atoms with Crippen molar-refractivity contribution < 1.29 is 45.3 Å². The number of benzene rings is 2. The van der Waals surface area contributed by atoms with Gasteiger partial charge in [0.15, 0.2) is 11.6 Å². The Kier molecular flexibility index (Phi) is 5.70. The summed E-state index contributed by atoms with van der Waals surface area (Å²) in [4.78, 5) is 0. The van der Waals surface area contributed by atoms with Crippen LogP contribution in [-0.2, 0) is 44.5 Å². The first-order chi connectivity index (χ1) is 16.0. The smallest absolute Gasteiger partial charge is 0.343 e. The van der Waals surface area contributed by atoms with Gasteiger partial charge in [-0.25, -0.2) is 0 Å². The lowest BCUT2D eigenvalue weighted by Crippen LogP contribution is -2.73. The molecular weight excluding hydrogens is 466 g/mol. The Balaban J connectivity index is 1.19. The van der Waals surface area contributed by atoms with Gasteiger partial charge < -0.3 is 18.9 Å². The quantitative estimate of drug-likeness (QED) is 0.453. The highest BCUT2D eigenvalue weighted by atomic mass is 19.4. The molecule has 1 aliphatic heterocycles. The van der Waals surface area contributed by atoms with Crippen molar-refractivity contribution >= 4 is 0 Å². The van der Waals surface area contributed by atoms with Gasteiger partial charge in [0.05, 0.1) is 24.3 Å². The maximum Gasteiger partial charge on any atom is 0.416 e. The van der Waals surface area contributed by atoms with Crippen molar-refractivity contribution in [3.8, 4) is 0 Å². The number of ether oxygens (including phenoxy) is 4. The maximum atomic E-state index is 12.8. The van der Waals surface area contributed by atoms with E-state index in [0.29, 0.717) is 36.8 Å². The summed E-state index contributed by atoms with van der Waals surface area (Å²) in [7, 11) is 0. The van der Waals surface area contributed by atoms with Gasteiger partial charge in [-0.1, -0.05) is 24.3 Å². The molecule has 0 bridgehead atoms. The van der Waals surface area contributed by atoms with Crippen molar-refractivity contribution in [1.82, 2.24) is 0 Å². The molecule has 34 heavy (non-hydrogen) atoms. The minimum atomic E-state index is -4.40. The van der Waals surface area contributed by atoms with Crippen LogP contribution in [0.15, 0.2) is 48.5 Å². The highest BCUT2D eigenvalue weighted by Crippen LogP contribution is 2.55. The number of hydrogen-bond acceptors (Lipinski definition) is 4. The van der Waals surface area contributed by atoms with Crippen molar-refractivity contribution in [3.63, 3.8) is 0 Å². The van der Waals surface area contributed by atoms with Crippen LogP contribution in [0.2, 0.25) is 0 Å². The molecule has 4 nitrogen and oxygen atoms in total. The third-order valence-corrected chi connectivity index (χ3v) is 6.70. The van der Waals surface area contributed by atoms with Gasteiger partial charge in [-0.15, -0.1) is 0 Å². The van der Waals surface area contributed by atoms with Gasteiger partial charge in [0.25, 0.3) is 0 Å². The van der Waals surface area contributed by atoms with Crippen LogP contribution >= 0.6 is 0 Å². The van der Waals surface area contributed by atoms with E-state index >= 15 is 0 Å². The molecule has 2 aromatic rings. The van der Waals surface area contributed by atoms with Gasteiger partial charge in [-0.2, -0.15) is 26.3 Å². The van der Waals surface area contributed by atoms with Crippen LogP contribution < -0.4 is 0 Å². The fourth-order valence-corrected chi connectivity index (χ4v) is 4.43. The molecule has 0 spiro atoms. The largest absolute Gasteiger partial charge is 0.416 e. The lowest BCUT2D eigenvalue weighted by atomic mass is 9.78. The van der Waals surface area contributed by atoms with E-state index in [1.807, 2.05) is 0 Å². The van der Waals surface area contributed by atoms with Crippen LogP contribution in [0.4, 0.5) is 26.3 Å². The number of hydrogen-bond donors (Lipinski definition) is 0. The fraction of sp³-hybridized carbons (Fsp3) is 0.500. The molecule has 2 saturated carbocycles. The van der Waals surface area contributed by atoms with E-state index < -0.39 is 47.3 Å². The molecule has 3 aliphatic rings. The second kappa shape index (κ2) is 8.22. The van der Waals surface area contributed by atoms with E-state index in [0.717, 1.165) is 24.3 Å². The summed E-state index contributed by atoms with van der Waals surface area (Å²) >= 11 is 0. The maximum absolute atomic E-state index is 12.8. The zero-order chi connectivity index (χ0) is 24.2. The van der Waals surface area contributed by atoms with Gasteiger partial charge in [0.2, 0.25) is 0 Å². The molecule has 3 fully saturated rings. The van der Waals surface area contributed by atoms with E-state index in [-0.39, 0.29) is 13.2 Å². The van der Waals surface area contributed by atoms with Gasteiger partial charge in [0.1, 0.15) is 12.2 Å². The molecule has 0 aromatic heterocycles. The van der Waals surface area contributed by atoms with E-state index in [4.69, 9.17) is 18.9 Å². The fourth-order valence-electron chi connectivity index (χ4n) is 4.43. The molecule has 2 aliphatic carbocycles. The van der Waals surface area contributed by atoms with Crippen molar-refractivity contribution in [2.45, 2.75) is 75.0 Å². The van der Waals surface area contributed by atoms with Crippen LogP contribution in [0, 0.1) is 0 Å². The van der Waals surface area contributed by atoms with Crippen LogP contribution in [0.3, 0.4) is 0 Å². The predicted molar refractivity (Wildman–Crippen MR) is 106 cm³/mol. The van der Waals surface area contributed by atoms with Crippen molar-refractivity contribution in [1.29, 1.82) is 0 Å². The number of rotatable bonds is 6. The van der Waals surface area contributed by atoms with Crippen LogP contribution in [0.5, 0.6) is 0 Å². The molecular formula is C24H22F6O4. The minimum absolute atomic E-state index is 0.0735. The average Bonchev–Trinajstić information content (AvgIpc) is 2.76. The molecule has 5 rings (SSSR count). The molecule has 0 unspecified atom stereocenters. The monoisotopic (exact) mass is 488 g/mol. The molecule has 2 aromatic carbocycles. The highest BCUT2D eigenvalue weighted by molar-refractivity contribution is 5.25. The lowest BCUT2D eigenvalue weighted by Gasteiger charge is -2.62. The number of fused-ring (bicyclic) bond motifs is 2. The van der Waals surface area contributed by atoms with Crippen LogP contribution in [0.25, 0.3) is 0 Å². The van der Waals surface area contributed by atoms with Gasteiger partial charge >= 0.3 is 12.4 Å². The summed E-state index contributed by atoms with van der Waals surface area (Å²) in [6, 6.07) is 9.54. The molecule has 10 heteroatoms. The van der Waals surface area contributed by atoms with Crippen molar-refractivity contribution in [2.75, 3.05) is 0 Å². The summed E-state index contributed by atoms with van der Waals surface area (Å²) in [5.41, 5.74) is -0.281. The van der Waals surface area contributed by atoms with Crippen molar-refractivity contribution in [2.24, 2.45) is 0 Å². The number of halogens is 6. The van der Waals surface area contributed by atoms with E-state index in [1.165, 1.54) is 24.3 Å². The molecule has 1 heterocycles. The highest BCUT2D eigenvalue weighted by Gasteiger charge is 2.66. The zero-order valence-corrected chi connectivity index (χ0v) is 17.9. The van der Waals surface area contributed by atoms with Gasteiger partial charge in [-0.05, 0) is 48.2 Å². The first-order valence-corrected chi connectivity index (χ1v) is 10.9. The average molecular weight is 488 g/mol. The van der Waals surface area contributed by atoms with E-state index in [9.17, 15) is 26.3 Å². The Labute approximate surface area is 191 Å².